The number of rotatable bonds is 5. The number of carbonyl (C=O) groups is 1. The summed E-state index contributed by atoms with van der Waals surface area (Å²) in [6, 6.07) is 12.8. The maximum absolute atomic E-state index is 13.2. The molecular formula is C28H32N4O4. The highest BCUT2D eigenvalue weighted by Gasteiger charge is 2.27. The van der Waals surface area contributed by atoms with Crippen LogP contribution in [0.3, 0.4) is 0 Å². The number of hydrogen-bond donors (Lipinski definition) is 2. The van der Waals surface area contributed by atoms with Crippen molar-refractivity contribution in [2.45, 2.75) is 38.1 Å². The fourth-order valence-corrected chi connectivity index (χ4v) is 5.25. The van der Waals surface area contributed by atoms with Gasteiger partial charge in [0, 0.05) is 49.4 Å². The van der Waals surface area contributed by atoms with Crippen LogP contribution in [-0.2, 0) is 0 Å². The summed E-state index contributed by atoms with van der Waals surface area (Å²) in [7, 11) is 1.55. The third kappa shape index (κ3) is 5.14. The summed E-state index contributed by atoms with van der Waals surface area (Å²) in [4.78, 5) is 37.5. The molecule has 5 rings (SSSR count). The van der Waals surface area contributed by atoms with Crippen molar-refractivity contribution in [3.05, 3.63) is 69.6 Å². The van der Waals surface area contributed by atoms with Gasteiger partial charge in [0.15, 0.2) is 0 Å². The molecule has 2 aliphatic rings. The van der Waals surface area contributed by atoms with Crippen molar-refractivity contribution < 1.29 is 14.6 Å². The highest BCUT2D eigenvalue weighted by atomic mass is 16.5. The van der Waals surface area contributed by atoms with E-state index in [4.69, 9.17) is 4.74 Å². The number of H-pyrrole nitrogens is 1. The number of aliphatic hydroxyl groups excluding tert-OH is 1. The third-order valence-electron chi connectivity index (χ3n) is 7.30. The van der Waals surface area contributed by atoms with Crippen LogP contribution in [0.25, 0.3) is 22.9 Å². The van der Waals surface area contributed by atoms with Gasteiger partial charge in [0.1, 0.15) is 17.2 Å². The highest BCUT2D eigenvalue weighted by molar-refractivity contribution is 5.97. The molecule has 1 saturated carbocycles. The zero-order valence-electron chi connectivity index (χ0n) is 20.6. The molecule has 1 amide bonds. The average Bonchev–Trinajstić information content (AvgIpc) is 2.93. The van der Waals surface area contributed by atoms with E-state index in [0.717, 1.165) is 26.2 Å². The molecule has 1 aromatic heterocycles. The Bertz CT molecular complexity index is 1330. The van der Waals surface area contributed by atoms with E-state index in [9.17, 15) is 14.7 Å². The summed E-state index contributed by atoms with van der Waals surface area (Å²) >= 11 is 0. The Balaban J connectivity index is 1.31. The van der Waals surface area contributed by atoms with Crippen LogP contribution in [0.5, 0.6) is 5.75 Å². The first-order valence-electron chi connectivity index (χ1n) is 12.6. The van der Waals surface area contributed by atoms with Crippen LogP contribution in [0.15, 0.2) is 47.3 Å². The summed E-state index contributed by atoms with van der Waals surface area (Å²) in [5.74, 6) is 0.478. The monoisotopic (exact) mass is 488 g/mol. The number of carbonyl (C=O) groups excluding carboxylic acids is 1. The fourth-order valence-electron chi connectivity index (χ4n) is 5.25. The fraction of sp³-hybridized carbons (Fsp3) is 0.393. The van der Waals surface area contributed by atoms with Gasteiger partial charge in [-0.25, -0.2) is 4.98 Å². The lowest BCUT2D eigenvalue weighted by Gasteiger charge is -2.40. The van der Waals surface area contributed by atoms with Gasteiger partial charge in [-0.05, 0) is 43.2 Å². The van der Waals surface area contributed by atoms with Gasteiger partial charge in [-0.2, -0.15) is 0 Å². The first kappa shape index (κ1) is 24.1. The molecule has 2 N–H and O–H groups in total. The van der Waals surface area contributed by atoms with Crippen LogP contribution >= 0.6 is 0 Å². The molecule has 1 aliphatic heterocycles. The predicted octanol–water partition coefficient (Wildman–Crippen LogP) is 4.08. The average molecular weight is 489 g/mol. The summed E-state index contributed by atoms with van der Waals surface area (Å²) in [5.41, 5.74) is 1.72. The van der Waals surface area contributed by atoms with E-state index in [1.807, 2.05) is 4.90 Å². The molecule has 2 heterocycles. The molecule has 0 radical (unpaired) electrons. The number of fused-ring (bicyclic) bond motifs is 1. The zero-order chi connectivity index (χ0) is 25.1. The first-order chi connectivity index (χ1) is 17.5. The van der Waals surface area contributed by atoms with Crippen molar-refractivity contribution in [2.75, 3.05) is 33.3 Å². The van der Waals surface area contributed by atoms with Gasteiger partial charge in [-0.15, -0.1) is 0 Å². The Hall–Kier alpha value is -3.65. The van der Waals surface area contributed by atoms with E-state index in [1.54, 1.807) is 49.6 Å². The van der Waals surface area contributed by atoms with Gasteiger partial charge in [0.2, 0.25) is 0 Å². The summed E-state index contributed by atoms with van der Waals surface area (Å²) < 4.78 is 5.19. The number of nitrogens with zero attached hydrogens (tertiary/aromatic N) is 3. The molecule has 1 saturated heterocycles. The Morgan fingerprint density at radius 1 is 1.06 bits per heavy atom. The molecule has 8 nitrogen and oxygen atoms in total. The van der Waals surface area contributed by atoms with Crippen molar-refractivity contribution >= 4 is 28.8 Å². The Labute approximate surface area is 210 Å². The van der Waals surface area contributed by atoms with Gasteiger partial charge >= 0.3 is 0 Å². The van der Waals surface area contributed by atoms with Crippen molar-refractivity contribution in [2.24, 2.45) is 0 Å². The van der Waals surface area contributed by atoms with E-state index in [2.05, 4.69) is 14.9 Å². The highest BCUT2D eigenvalue weighted by Crippen LogP contribution is 2.24. The lowest BCUT2D eigenvalue weighted by Crippen LogP contribution is -2.52. The molecular weight excluding hydrogens is 456 g/mol. The zero-order valence-corrected chi connectivity index (χ0v) is 20.6. The SMILES string of the molecule is COc1cccc(C(O)=Cc2nc3ccc(C(=O)N4CCN(C5CCCCC5)CC4)cc3[nH]c2=O)c1. The number of methoxy groups -OCH3 is 1. The van der Waals surface area contributed by atoms with Gasteiger partial charge in [-0.1, -0.05) is 31.4 Å². The third-order valence-corrected chi connectivity index (χ3v) is 7.30. The minimum absolute atomic E-state index is 0.0271. The molecule has 188 valence electrons. The molecule has 0 bridgehead atoms. The first-order valence-corrected chi connectivity index (χ1v) is 12.6. The Morgan fingerprint density at radius 2 is 1.83 bits per heavy atom. The number of aromatic amines is 1. The number of aromatic nitrogens is 2. The van der Waals surface area contributed by atoms with Crippen LogP contribution in [0.1, 0.15) is 53.7 Å². The number of piperazine rings is 1. The number of hydrogen-bond acceptors (Lipinski definition) is 6. The minimum atomic E-state index is -0.442. The Morgan fingerprint density at radius 3 is 2.58 bits per heavy atom. The van der Waals surface area contributed by atoms with E-state index in [0.29, 0.717) is 34.0 Å². The van der Waals surface area contributed by atoms with Crippen molar-refractivity contribution in [1.82, 2.24) is 19.8 Å². The van der Waals surface area contributed by atoms with Crippen LogP contribution in [0.2, 0.25) is 0 Å². The number of benzene rings is 2. The normalized spacial score (nSPS) is 17.9. The van der Waals surface area contributed by atoms with E-state index < -0.39 is 5.56 Å². The predicted molar refractivity (Wildman–Crippen MR) is 140 cm³/mol. The van der Waals surface area contributed by atoms with Crippen LogP contribution < -0.4 is 10.3 Å². The van der Waals surface area contributed by atoms with Crippen LogP contribution in [0, 0.1) is 0 Å². The van der Waals surface area contributed by atoms with Crippen LogP contribution in [0.4, 0.5) is 0 Å². The van der Waals surface area contributed by atoms with Gasteiger partial charge in [0.05, 0.1) is 18.1 Å². The quantitative estimate of drug-likeness (QED) is 0.525. The molecule has 2 fully saturated rings. The molecule has 0 unspecified atom stereocenters. The second-order valence-electron chi connectivity index (χ2n) is 9.56. The second-order valence-corrected chi connectivity index (χ2v) is 9.56. The van der Waals surface area contributed by atoms with Crippen molar-refractivity contribution in [3.8, 4) is 5.75 Å². The second kappa shape index (κ2) is 10.5. The minimum Gasteiger partial charge on any atom is -0.507 e. The van der Waals surface area contributed by atoms with Crippen molar-refractivity contribution in [1.29, 1.82) is 0 Å². The largest absolute Gasteiger partial charge is 0.507 e. The van der Waals surface area contributed by atoms with Crippen LogP contribution in [-0.4, -0.2) is 70.1 Å². The molecule has 0 spiro atoms. The molecule has 2 aromatic carbocycles. The number of ether oxygens (including phenoxy) is 1. The lowest BCUT2D eigenvalue weighted by molar-refractivity contribution is 0.0523. The maximum atomic E-state index is 13.2. The molecule has 3 aromatic rings. The smallest absolute Gasteiger partial charge is 0.274 e. The maximum Gasteiger partial charge on any atom is 0.274 e. The molecule has 36 heavy (non-hydrogen) atoms. The van der Waals surface area contributed by atoms with Gasteiger partial charge in [0.25, 0.3) is 11.5 Å². The Kier molecular flexibility index (Phi) is 7.04. The number of amides is 1. The summed E-state index contributed by atoms with van der Waals surface area (Å²) in [6.07, 6.45) is 7.84. The topological polar surface area (TPSA) is 98.8 Å². The standard InChI is InChI=1S/C28H32N4O4/c1-36-22-9-5-6-19(16-22)26(33)18-25-27(34)30-24-17-20(10-11-23(24)29-25)28(35)32-14-12-31(13-15-32)21-7-3-2-4-8-21/h5-6,9-11,16-18,21,33H,2-4,7-8,12-15H2,1H3,(H,30,34). The number of aliphatic hydroxyl groups is 1. The van der Waals surface area contributed by atoms with E-state index in [-0.39, 0.29) is 17.4 Å². The van der Waals surface area contributed by atoms with Gasteiger partial charge in [-0.3, -0.25) is 14.5 Å². The molecule has 1 aliphatic carbocycles. The molecule has 0 atom stereocenters. The summed E-state index contributed by atoms with van der Waals surface area (Å²) in [5, 5.41) is 10.5. The van der Waals surface area contributed by atoms with Crippen molar-refractivity contribution in [3.63, 3.8) is 0 Å². The molecule has 8 heteroatoms. The lowest BCUT2D eigenvalue weighted by atomic mass is 9.94. The number of nitrogens with one attached hydrogen (secondary N) is 1. The van der Waals surface area contributed by atoms with Gasteiger partial charge < -0.3 is 19.7 Å². The summed E-state index contributed by atoms with van der Waals surface area (Å²) in [6.45, 7) is 3.26. The van der Waals surface area contributed by atoms with E-state index in [1.165, 1.54) is 38.2 Å². The van der Waals surface area contributed by atoms with E-state index >= 15 is 0 Å².